The van der Waals surface area contributed by atoms with Gasteiger partial charge in [-0.05, 0) is 37.6 Å². The lowest BCUT2D eigenvalue weighted by Crippen LogP contribution is -2.63. The van der Waals surface area contributed by atoms with Crippen LogP contribution >= 0.6 is 0 Å². The number of carbonyl (C=O) groups excluding carboxylic acids is 2. The van der Waals surface area contributed by atoms with Gasteiger partial charge in [0.25, 0.3) is 0 Å². The predicted octanol–water partition coefficient (Wildman–Crippen LogP) is 2.36. The monoisotopic (exact) mass is 368 g/mol. The molecular formula is C21H24N2O4. The largest absolute Gasteiger partial charge is 0.508 e. The first-order valence-corrected chi connectivity index (χ1v) is 8.96. The Morgan fingerprint density at radius 3 is 2.48 bits per heavy atom. The quantitative estimate of drug-likeness (QED) is 0.773. The van der Waals surface area contributed by atoms with E-state index < -0.39 is 5.54 Å². The lowest BCUT2D eigenvalue weighted by atomic mass is 9.86. The van der Waals surface area contributed by atoms with E-state index in [-0.39, 0.29) is 35.7 Å². The van der Waals surface area contributed by atoms with Gasteiger partial charge in [-0.2, -0.15) is 0 Å². The number of para-hydroxylation sites is 1. The molecule has 3 N–H and O–H groups in total. The van der Waals surface area contributed by atoms with Crippen LogP contribution in [0, 0.1) is 0 Å². The van der Waals surface area contributed by atoms with E-state index >= 15 is 0 Å². The Hall–Kier alpha value is -3.02. The van der Waals surface area contributed by atoms with Crippen LogP contribution in [-0.2, 0) is 9.59 Å². The fourth-order valence-electron chi connectivity index (χ4n) is 3.52. The Balaban J connectivity index is 1.94. The second-order valence-electron chi connectivity index (χ2n) is 7.27. The van der Waals surface area contributed by atoms with Crippen LogP contribution < -0.4 is 5.32 Å². The van der Waals surface area contributed by atoms with Gasteiger partial charge in [0.1, 0.15) is 17.0 Å². The number of aromatic hydroxyl groups is 2. The minimum atomic E-state index is -0.923. The molecular weight excluding hydrogens is 344 g/mol. The molecule has 2 amide bonds. The standard InChI is InChI=1S/C21H24N2O4/c1-21(2)20(27)22-11-12-23(21)19(26)13-17(14-7-9-15(24)10-8-14)16-5-3-4-6-18(16)25/h3-10,17,24-25H,11-13H2,1-2H3,(H,22,27)/t17-/m0/s1. The van der Waals surface area contributed by atoms with Crippen molar-refractivity contribution >= 4 is 11.8 Å². The fraction of sp³-hybridized carbons (Fsp3) is 0.333. The van der Waals surface area contributed by atoms with E-state index in [1.165, 1.54) is 0 Å². The van der Waals surface area contributed by atoms with Crippen LogP contribution in [0.2, 0.25) is 0 Å². The Bertz CT molecular complexity index is 846. The van der Waals surface area contributed by atoms with Crippen molar-refractivity contribution in [2.24, 2.45) is 0 Å². The molecule has 0 spiro atoms. The third-order valence-electron chi connectivity index (χ3n) is 5.14. The SMILES string of the molecule is CC1(C)C(=O)NCCN1C(=O)C[C@@H](c1ccc(O)cc1)c1ccccc1O. The van der Waals surface area contributed by atoms with E-state index in [0.29, 0.717) is 18.7 Å². The third kappa shape index (κ3) is 3.74. The summed E-state index contributed by atoms with van der Waals surface area (Å²) in [4.78, 5) is 26.9. The number of hydrogen-bond acceptors (Lipinski definition) is 4. The van der Waals surface area contributed by atoms with E-state index in [4.69, 9.17) is 0 Å². The van der Waals surface area contributed by atoms with Gasteiger partial charge < -0.3 is 20.4 Å². The molecule has 1 aliphatic rings. The molecule has 1 saturated heterocycles. The molecule has 0 aromatic heterocycles. The summed E-state index contributed by atoms with van der Waals surface area (Å²) >= 11 is 0. The molecule has 1 aliphatic heterocycles. The van der Waals surface area contributed by atoms with Gasteiger partial charge in [-0.3, -0.25) is 9.59 Å². The van der Waals surface area contributed by atoms with Gasteiger partial charge in [-0.1, -0.05) is 30.3 Å². The van der Waals surface area contributed by atoms with Crippen molar-refractivity contribution in [3.63, 3.8) is 0 Å². The predicted molar refractivity (Wildman–Crippen MR) is 101 cm³/mol. The van der Waals surface area contributed by atoms with Crippen LogP contribution in [0.5, 0.6) is 11.5 Å². The Morgan fingerprint density at radius 2 is 1.81 bits per heavy atom. The number of hydrogen-bond donors (Lipinski definition) is 3. The summed E-state index contributed by atoms with van der Waals surface area (Å²) in [5, 5.41) is 22.7. The number of piperazine rings is 1. The normalized spacial score (nSPS) is 17.3. The molecule has 0 saturated carbocycles. The highest BCUT2D eigenvalue weighted by Crippen LogP contribution is 2.35. The summed E-state index contributed by atoms with van der Waals surface area (Å²) in [6.07, 6.45) is 0.110. The molecule has 2 aromatic carbocycles. The van der Waals surface area contributed by atoms with E-state index in [1.807, 2.05) is 6.07 Å². The molecule has 0 aliphatic carbocycles. The first-order valence-electron chi connectivity index (χ1n) is 8.96. The highest BCUT2D eigenvalue weighted by atomic mass is 16.3. The second-order valence-corrected chi connectivity index (χ2v) is 7.27. The van der Waals surface area contributed by atoms with Crippen molar-refractivity contribution in [3.05, 3.63) is 59.7 Å². The summed E-state index contributed by atoms with van der Waals surface area (Å²) in [5.74, 6) is -0.476. The average molecular weight is 368 g/mol. The number of rotatable bonds is 4. The van der Waals surface area contributed by atoms with Crippen molar-refractivity contribution in [2.45, 2.75) is 31.7 Å². The molecule has 0 bridgehead atoms. The Kier molecular flexibility index (Phi) is 5.08. The minimum absolute atomic E-state index is 0.110. The highest BCUT2D eigenvalue weighted by Gasteiger charge is 2.41. The molecule has 1 atom stereocenters. The highest BCUT2D eigenvalue weighted by molar-refractivity contribution is 5.92. The Labute approximate surface area is 158 Å². The molecule has 6 heteroatoms. The maximum absolute atomic E-state index is 13.1. The van der Waals surface area contributed by atoms with Crippen LogP contribution in [0.3, 0.4) is 0 Å². The minimum Gasteiger partial charge on any atom is -0.508 e. The Morgan fingerprint density at radius 1 is 1.15 bits per heavy atom. The topological polar surface area (TPSA) is 89.9 Å². The summed E-state index contributed by atoms with van der Waals surface area (Å²) in [6, 6.07) is 13.5. The summed E-state index contributed by atoms with van der Waals surface area (Å²) in [7, 11) is 0. The van der Waals surface area contributed by atoms with Crippen LogP contribution in [-0.4, -0.2) is 45.6 Å². The van der Waals surface area contributed by atoms with E-state index in [9.17, 15) is 19.8 Å². The summed E-state index contributed by atoms with van der Waals surface area (Å²) < 4.78 is 0. The molecule has 1 fully saturated rings. The van der Waals surface area contributed by atoms with Gasteiger partial charge in [-0.15, -0.1) is 0 Å². The van der Waals surface area contributed by atoms with Gasteiger partial charge in [-0.25, -0.2) is 0 Å². The maximum atomic E-state index is 13.1. The van der Waals surface area contributed by atoms with Crippen molar-refractivity contribution < 1.29 is 19.8 Å². The van der Waals surface area contributed by atoms with Crippen molar-refractivity contribution in [1.29, 1.82) is 0 Å². The van der Waals surface area contributed by atoms with Gasteiger partial charge in [0, 0.05) is 31.0 Å². The summed E-state index contributed by atoms with van der Waals surface area (Å²) in [5.41, 5.74) is 0.519. The first kappa shape index (κ1) is 18.8. The zero-order chi connectivity index (χ0) is 19.6. The molecule has 6 nitrogen and oxygen atoms in total. The van der Waals surface area contributed by atoms with Crippen molar-refractivity contribution in [1.82, 2.24) is 10.2 Å². The average Bonchev–Trinajstić information content (AvgIpc) is 2.63. The third-order valence-corrected chi connectivity index (χ3v) is 5.14. The molecule has 1 heterocycles. The smallest absolute Gasteiger partial charge is 0.245 e. The van der Waals surface area contributed by atoms with E-state index in [2.05, 4.69) is 5.32 Å². The van der Waals surface area contributed by atoms with Gasteiger partial charge in [0.2, 0.25) is 11.8 Å². The van der Waals surface area contributed by atoms with Crippen LogP contribution in [0.25, 0.3) is 0 Å². The molecule has 27 heavy (non-hydrogen) atoms. The zero-order valence-electron chi connectivity index (χ0n) is 15.5. The van der Waals surface area contributed by atoms with Gasteiger partial charge in [0.15, 0.2) is 0 Å². The van der Waals surface area contributed by atoms with E-state index in [0.717, 1.165) is 5.56 Å². The fourth-order valence-corrected chi connectivity index (χ4v) is 3.52. The lowest BCUT2D eigenvalue weighted by Gasteiger charge is -2.41. The molecule has 0 radical (unpaired) electrons. The molecule has 2 aromatic rings. The van der Waals surface area contributed by atoms with Crippen molar-refractivity contribution in [2.75, 3.05) is 13.1 Å². The maximum Gasteiger partial charge on any atom is 0.245 e. The van der Waals surface area contributed by atoms with Crippen molar-refractivity contribution in [3.8, 4) is 11.5 Å². The van der Waals surface area contributed by atoms with Crippen LogP contribution in [0.1, 0.15) is 37.3 Å². The number of phenolic OH excluding ortho intramolecular Hbond substituents is 2. The number of carbonyl (C=O) groups is 2. The number of amides is 2. The molecule has 0 unspecified atom stereocenters. The lowest BCUT2D eigenvalue weighted by molar-refractivity contribution is -0.149. The van der Waals surface area contributed by atoms with Crippen LogP contribution in [0.4, 0.5) is 0 Å². The van der Waals surface area contributed by atoms with Gasteiger partial charge >= 0.3 is 0 Å². The number of phenols is 2. The number of nitrogens with zero attached hydrogens (tertiary/aromatic N) is 1. The first-order chi connectivity index (χ1) is 12.8. The molecule has 3 rings (SSSR count). The van der Waals surface area contributed by atoms with Crippen LogP contribution in [0.15, 0.2) is 48.5 Å². The zero-order valence-corrected chi connectivity index (χ0v) is 15.5. The number of benzene rings is 2. The summed E-state index contributed by atoms with van der Waals surface area (Å²) in [6.45, 7) is 4.33. The molecule has 142 valence electrons. The van der Waals surface area contributed by atoms with E-state index in [1.54, 1.807) is 61.2 Å². The second kappa shape index (κ2) is 7.31. The number of nitrogens with one attached hydrogen (secondary N) is 1. The van der Waals surface area contributed by atoms with Gasteiger partial charge in [0.05, 0.1) is 0 Å².